The van der Waals surface area contributed by atoms with E-state index in [1.54, 1.807) is 0 Å². The first-order valence-electron chi connectivity index (χ1n) is 19.3. The maximum absolute atomic E-state index is 12.5. The van der Waals surface area contributed by atoms with E-state index in [0.29, 0.717) is 89.4 Å². The van der Waals surface area contributed by atoms with Gasteiger partial charge in [-0.1, -0.05) is 13.0 Å². The number of fused-ring (bicyclic) bond motifs is 1. The lowest BCUT2D eigenvalue weighted by atomic mass is 10.0. The molecule has 20 nitrogen and oxygen atoms in total. The van der Waals surface area contributed by atoms with E-state index in [0.717, 1.165) is 35.4 Å². The van der Waals surface area contributed by atoms with E-state index in [1.807, 2.05) is 11.8 Å². The molecule has 6 atom stereocenters. The molecule has 9 N–H and O–H groups in total. The number of thioether (sulfide) groups is 1. The summed E-state index contributed by atoms with van der Waals surface area (Å²) >= 11 is 1.88. The van der Waals surface area contributed by atoms with Gasteiger partial charge in [0.15, 0.2) is 6.23 Å². The molecule has 0 aromatic carbocycles. The predicted octanol–water partition coefficient (Wildman–Crippen LogP) is -0.271. The molecule has 22 heteroatoms. The third-order valence-electron chi connectivity index (χ3n) is 9.37. The van der Waals surface area contributed by atoms with Gasteiger partial charge in [-0.3, -0.25) is 14.2 Å². The maximum atomic E-state index is 12.5. The molecule has 1 unspecified atom stereocenters. The van der Waals surface area contributed by atoms with E-state index in [2.05, 4.69) is 32.8 Å². The fourth-order valence-electron chi connectivity index (χ4n) is 6.38. The summed E-state index contributed by atoms with van der Waals surface area (Å²) in [6.45, 7) is 6.80. The molecular weight excluding hydrogens is 789 g/mol. The van der Waals surface area contributed by atoms with Crippen LogP contribution in [0.2, 0.25) is 0 Å². The number of rotatable bonds is 29. The highest BCUT2D eigenvalue weighted by atomic mass is 32.2. The molecule has 4 amide bonds. The van der Waals surface area contributed by atoms with Crippen molar-refractivity contribution in [1.29, 1.82) is 0 Å². The SMILES string of the molecule is C=C[P+](O)(O)OC[C@@H]1CC(O)[C@H](n2cc(CCCNC(=O)CCOCCOCCOCCOCCNC(=O)CCCC[C@@H]3SC[C@@H]4NC(=O)N[C@@H]43)c(N)nc2=O)O1. The molecule has 3 saturated heterocycles. The summed E-state index contributed by atoms with van der Waals surface area (Å²) in [7, 11) is -3.72. The van der Waals surface area contributed by atoms with Gasteiger partial charge in [0, 0.05) is 55.1 Å². The minimum absolute atomic E-state index is 0.0120. The maximum Gasteiger partial charge on any atom is 0.435 e. The number of nitrogens with zero attached hydrogens (tertiary/aromatic N) is 2. The number of carbonyl (C=O) groups is 3. The van der Waals surface area contributed by atoms with Crippen molar-refractivity contribution in [3.8, 4) is 0 Å². The standard InChI is InChI=1S/C35H58N7O13PS/c1-2-56(48,49)54-22-25-20-27(43)33(55-25)42-21-24(32(36)41-35(42)47)6-5-10-37-30(45)9-12-50-14-16-52-18-19-53-17-15-51-13-11-38-29(44)8-4-3-7-28-31-26(23-57-28)39-34(46)40-31/h2,21,25-28,31,33,43,48-49H,1,3-20,22-23H2,(H5-,36,37,38,39,40,41,44,45,46,47)/p+1/t25-,26-,27?,28-,31-,33+/m0/s1. The lowest BCUT2D eigenvalue weighted by Crippen LogP contribution is -2.36. The summed E-state index contributed by atoms with van der Waals surface area (Å²) in [5, 5.41) is 22.5. The fourth-order valence-corrected chi connectivity index (χ4v) is 8.41. The number of nitrogens with one attached hydrogen (secondary N) is 4. The summed E-state index contributed by atoms with van der Waals surface area (Å²) in [4.78, 5) is 71.4. The van der Waals surface area contributed by atoms with Crippen molar-refractivity contribution in [2.24, 2.45) is 0 Å². The Balaban J connectivity index is 0.909. The molecule has 0 radical (unpaired) electrons. The number of hydrogen-bond acceptors (Lipinski definition) is 16. The van der Waals surface area contributed by atoms with Crippen LogP contribution in [0.25, 0.3) is 0 Å². The molecule has 0 spiro atoms. The van der Waals surface area contributed by atoms with Crippen LogP contribution in [0.1, 0.15) is 56.7 Å². The highest BCUT2D eigenvalue weighted by Gasteiger charge is 2.43. The number of unbranched alkanes of at least 4 members (excludes halogenated alkanes) is 1. The minimum Gasteiger partial charge on any atom is -0.388 e. The summed E-state index contributed by atoms with van der Waals surface area (Å²) in [5.74, 6) is 1.72. The van der Waals surface area contributed by atoms with Crippen molar-refractivity contribution in [3.05, 3.63) is 34.6 Å². The molecule has 1 aromatic heterocycles. The quantitative estimate of drug-likeness (QED) is 0.0293. The molecule has 0 aliphatic carbocycles. The molecule has 4 rings (SSSR count). The molecule has 322 valence electrons. The van der Waals surface area contributed by atoms with Crippen LogP contribution in [0.4, 0.5) is 10.6 Å². The highest BCUT2D eigenvalue weighted by molar-refractivity contribution is 8.00. The van der Waals surface area contributed by atoms with Gasteiger partial charge in [-0.05, 0) is 25.7 Å². The number of hydrogen-bond donors (Lipinski definition) is 8. The van der Waals surface area contributed by atoms with Gasteiger partial charge in [-0.25, -0.2) is 9.59 Å². The van der Waals surface area contributed by atoms with Gasteiger partial charge in [0.2, 0.25) is 11.8 Å². The third-order valence-corrected chi connectivity index (χ3v) is 11.9. The molecule has 57 heavy (non-hydrogen) atoms. The number of nitrogen functional groups attached to an aromatic ring is 1. The number of aryl methyl sites for hydroxylation is 1. The minimum atomic E-state index is -3.72. The van der Waals surface area contributed by atoms with Gasteiger partial charge in [-0.15, -0.1) is 0 Å². The second kappa shape index (κ2) is 24.9. The Morgan fingerprint density at radius 1 is 0.982 bits per heavy atom. The first-order chi connectivity index (χ1) is 27.5. The number of carbonyl (C=O) groups excluding carboxylic acids is 3. The van der Waals surface area contributed by atoms with Crippen molar-refractivity contribution in [1.82, 2.24) is 30.8 Å². The zero-order valence-electron chi connectivity index (χ0n) is 32.2. The Morgan fingerprint density at radius 2 is 1.65 bits per heavy atom. The zero-order chi connectivity index (χ0) is 41.0. The highest BCUT2D eigenvalue weighted by Crippen LogP contribution is 2.52. The number of aliphatic hydroxyl groups is 1. The van der Waals surface area contributed by atoms with E-state index in [4.69, 9.17) is 33.9 Å². The smallest absolute Gasteiger partial charge is 0.388 e. The Kier molecular flexibility index (Phi) is 20.4. The van der Waals surface area contributed by atoms with Crippen LogP contribution in [-0.2, 0) is 44.2 Å². The summed E-state index contributed by atoms with van der Waals surface area (Å²) in [6, 6.07) is 0.346. The lowest BCUT2D eigenvalue weighted by Gasteiger charge is -2.19. The van der Waals surface area contributed by atoms with Gasteiger partial charge >= 0.3 is 19.7 Å². The lowest BCUT2D eigenvalue weighted by molar-refractivity contribution is -0.122. The van der Waals surface area contributed by atoms with E-state index < -0.39 is 32.1 Å². The summed E-state index contributed by atoms with van der Waals surface area (Å²) in [5.41, 5.74) is 5.79. The number of ether oxygens (including phenoxy) is 5. The van der Waals surface area contributed by atoms with Crippen molar-refractivity contribution in [3.63, 3.8) is 0 Å². The number of aromatic nitrogens is 2. The first kappa shape index (κ1) is 46.7. The van der Waals surface area contributed by atoms with Crippen molar-refractivity contribution < 1.29 is 57.5 Å². The van der Waals surface area contributed by atoms with Crippen LogP contribution >= 0.6 is 19.7 Å². The Morgan fingerprint density at radius 3 is 2.37 bits per heavy atom. The van der Waals surface area contributed by atoms with Gasteiger partial charge in [0.25, 0.3) is 0 Å². The normalized spacial score (nSPS) is 22.9. The van der Waals surface area contributed by atoms with Crippen molar-refractivity contribution in [2.75, 3.05) is 84.0 Å². The van der Waals surface area contributed by atoms with E-state index >= 15 is 0 Å². The van der Waals surface area contributed by atoms with Crippen LogP contribution < -0.4 is 32.7 Å². The summed E-state index contributed by atoms with van der Waals surface area (Å²) < 4.78 is 33.8. The van der Waals surface area contributed by atoms with E-state index in [1.165, 1.54) is 6.20 Å². The average molecular weight is 849 g/mol. The van der Waals surface area contributed by atoms with Crippen LogP contribution in [-0.4, -0.2) is 150 Å². The fraction of sp³-hybridized carbons (Fsp3) is 0.743. The number of amides is 4. The second-order valence-electron chi connectivity index (χ2n) is 13.7. The first-order valence-corrected chi connectivity index (χ1v) is 22.0. The largest absolute Gasteiger partial charge is 0.435 e. The predicted molar refractivity (Wildman–Crippen MR) is 211 cm³/mol. The molecule has 3 fully saturated rings. The number of anilines is 1. The van der Waals surface area contributed by atoms with Crippen LogP contribution in [0, 0.1) is 0 Å². The number of urea groups is 1. The molecule has 4 heterocycles. The van der Waals surface area contributed by atoms with E-state index in [-0.39, 0.29) is 61.8 Å². The van der Waals surface area contributed by atoms with Crippen molar-refractivity contribution in [2.45, 2.75) is 87.1 Å². The Labute approximate surface area is 336 Å². The molecule has 1 aromatic rings. The second-order valence-corrected chi connectivity index (χ2v) is 16.8. The van der Waals surface area contributed by atoms with Crippen LogP contribution in [0.3, 0.4) is 0 Å². The van der Waals surface area contributed by atoms with Crippen LogP contribution in [0.5, 0.6) is 0 Å². The monoisotopic (exact) mass is 848 g/mol. The Bertz CT molecular complexity index is 1490. The number of nitrogens with two attached hydrogens (primary N) is 1. The van der Waals surface area contributed by atoms with Gasteiger partial charge in [-0.2, -0.15) is 31.1 Å². The zero-order valence-corrected chi connectivity index (χ0v) is 33.9. The molecule has 0 saturated carbocycles. The molecular formula is C35H59N7O13PS+. The van der Waals surface area contributed by atoms with Crippen LogP contribution in [0.15, 0.2) is 23.4 Å². The molecule has 3 aliphatic heterocycles. The summed E-state index contributed by atoms with van der Waals surface area (Å²) in [6.07, 6.45) is 3.05. The van der Waals surface area contributed by atoms with Gasteiger partial charge < -0.3 is 55.8 Å². The number of aliphatic hydroxyl groups excluding tert-OH is 1. The van der Waals surface area contributed by atoms with E-state index in [9.17, 15) is 34.1 Å². The molecule has 0 bridgehead atoms. The molecule has 3 aliphatic rings. The van der Waals surface area contributed by atoms with Gasteiger partial charge in [0.1, 0.15) is 24.3 Å². The van der Waals surface area contributed by atoms with Gasteiger partial charge in [0.05, 0.1) is 71.0 Å². The Hall–Kier alpha value is -2.95. The van der Waals surface area contributed by atoms with Crippen molar-refractivity contribution >= 4 is 43.4 Å². The average Bonchev–Trinajstić information content (AvgIpc) is 3.86. The topological polar surface area (TPSA) is 276 Å². The third kappa shape index (κ3) is 16.7.